The molecule has 3 rings (SSSR count). The normalized spacial score (nSPS) is 36.8. The molecule has 0 amide bonds. The van der Waals surface area contributed by atoms with Crippen molar-refractivity contribution < 1.29 is 0 Å². The van der Waals surface area contributed by atoms with Crippen LogP contribution in [0.4, 0.5) is 0 Å². The zero-order valence-corrected chi connectivity index (χ0v) is 10.7. The summed E-state index contributed by atoms with van der Waals surface area (Å²) in [6.07, 6.45) is 9.22. The van der Waals surface area contributed by atoms with E-state index in [-0.39, 0.29) is 5.54 Å². The van der Waals surface area contributed by atoms with Crippen LogP contribution in [-0.2, 0) is 6.42 Å². The van der Waals surface area contributed by atoms with Crippen molar-refractivity contribution in [2.24, 2.45) is 11.7 Å². The first kappa shape index (κ1) is 11.2. The number of rotatable bonds is 1. The van der Waals surface area contributed by atoms with Gasteiger partial charge in [-0.25, -0.2) is 0 Å². The quantitative estimate of drug-likeness (QED) is 0.805. The maximum Gasteiger partial charge on any atom is 0.0484 e. The molecule has 1 aromatic rings. The molecule has 1 fully saturated rings. The third-order valence-corrected chi connectivity index (χ3v) is 4.86. The van der Waals surface area contributed by atoms with Gasteiger partial charge in [0.25, 0.3) is 0 Å². The van der Waals surface area contributed by atoms with Gasteiger partial charge in [0.1, 0.15) is 0 Å². The largest absolute Gasteiger partial charge is 0.324 e. The third kappa shape index (κ3) is 1.89. The number of nitrogens with two attached hydrogens (primary N) is 1. The van der Waals surface area contributed by atoms with Gasteiger partial charge < -0.3 is 5.73 Å². The molecule has 0 bridgehead atoms. The molecular formula is C15H22N2. The highest BCUT2D eigenvalue weighted by atomic mass is 14.8. The Morgan fingerprint density at radius 3 is 2.82 bits per heavy atom. The highest BCUT2D eigenvalue weighted by molar-refractivity contribution is 5.32. The van der Waals surface area contributed by atoms with Crippen molar-refractivity contribution >= 4 is 0 Å². The molecular weight excluding hydrogens is 208 g/mol. The fourth-order valence-corrected chi connectivity index (χ4v) is 3.62. The predicted octanol–water partition coefficient (Wildman–Crippen LogP) is 3.02. The van der Waals surface area contributed by atoms with E-state index < -0.39 is 0 Å². The van der Waals surface area contributed by atoms with Crippen molar-refractivity contribution in [3.63, 3.8) is 0 Å². The van der Waals surface area contributed by atoms with Crippen molar-refractivity contribution in [1.29, 1.82) is 0 Å². The van der Waals surface area contributed by atoms with E-state index in [2.05, 4.69) is 18.0 Å². The van der Waals surface area contributed by atoms with Gasteiger partial charge in [0.2, 0.25) is 0 Å². The fraction of sp³-hybridized carbons (Fsp3) is 0.667. The first-order valence-electron chi connectivity index (χ1n) is 6.92. The van der Waals surface area contributed by atoms with Gasteiger partial charge in [0.05, 0.1) is 0 Å². The number of fused-ring (bicyclic) bond motifs is 1. The minimum Gasteiger partial charge on any atom is -0.324 e. The SMILES string of the molecule is CC1CCC(N)(C2CCc3cccnc32)CC1. The topological polar surface area (TPSA) is 38.9 Å². The van der Waals surface area contributed by atoms with E-state index in [0.717, 1.165) is 5.92 Å². The zero-order chi connectivity index (χ0) is 11.9. The van der Waals surface area contributed by atoms with E-state index in [1.165, 1.54) is 49.8 Å². The maximum atomic E-state index is 6.70. The second kappa shape index (κ2) is 4.09. The van der Waals surface area contributed by atoms with E-state index in [1.54, 1.807) is 0 Å². The van der Waals surface area contributed by atoms with Crippen molar-refractivity contribution in [2.75, 3.05) is 0 Å². The van der Waals surface area contributed by atoms with Gasteiger partial charge in [-0.1, -0.05) is 13.0 Å². The average molecular weight is 230 g/mol. The maximum absolute atomic E-state index is 6.70. The van der Waals surface area contributed by atoms with Gasteiger partial charge >= 0.3 is 0 Å². The smallest absolute Gasteiger partial charge is 0.0484 e. The number of pyridine rings is 1. The average Bonchev–Trinajstić information content (AvgIpc) is 2.78. The highest BCUT2D eigenvalue weighted by Crippen LogP contribution is 2.45. The summed E-state index contributed by atoms with van der Waals surface area (Å²) in [5.41, 5.74) is 9.45. The standard InChI is InChI=1S/C15H22N2/c1-11-6-8-15(16,9-7-11)13-5-4-12-3-2-10-17-14(12)13/h2-3,10-11,13H,4-9,16H2,1H3. The monoisotopic (exact) mass is 230 g/mol. The summed E-state index contributed by atoms with van der Waals surface area (Å²) in [5.74, 6) is 1.36. The summed E-state index contributed by atoms with van der Waals surface area (Å²) in [6.45, 7) is 2.35. The van der Waals surface area contributed by atoms with Crippen LogP contribution >= 0.6 is 0 Å². The number of hydrogen-bond donors (Lipinski definition) is 1. The predicted molar refractivity (Wildman–Crippen MR) is 69.8 cm³/mol. The molecule has 2 N–H and O–H groups in total. The molecule has 0 aromatic carbocycles. The van der Waals surface area contributed by atoms with Gasteiger partial charge in [0.15, 0.2) is 0 Å². The number of aromatic nitrogens is 1. The second-order valence-electron chi connectivity index (χ2n) is 6.05. The van der Waals surface area contributed by atoms with Crippen LogP contribution in [0.5, 0.6) is 0 Å². The molecule has 2 aliphatic rings. The Bertz CT molecular complexity index is 405. The van der Waals surface area contributed by atoms with Gasteiger partial charge in [0, 0.05) is 23.3 Å². The Labute approximate surface area is 104 Å². The van der Waals surface area contributed by atoms with E-state index in [4.69, 9.17) is 5.73 Å². The Balaban J connectivity index is 1.86. The molecule has 2 nitrogen and oxygen atoms in total. The second-order valence-corrected chi connectivity index (χ2v) is 6.05. The Kier molecular flexibility index (Phi) is 2.70. The van der Waals surface area contributed by atoms with Gasteiger partial charge in [-0.2, -0.15) is 0 Å². The summed E-state index contributed by atoms with van der Waals surface area (Å²) in [5, 5.41) is 0. The van der Waals surface area contributed by atoms with E-state index in [9.17, 15) is 0 Å². The Morgan fingerprint density at radius 2 is 2.06 bits per heavy atom. The summed E-state index contributed by atoms with van der Waals surface area (Å²) in [6, 6.07) is 4.27. The van der Waals surface area contributed by atoms with E-state index >= 15 is 0 Å². The van der Waals surface area contributed by atoms with Crippen LogP contribution in [-0.4, -0.2) is 10.5 Å². The molecule has 0 saturated heterocycles. The number of aryl methyl sites for hydroxylation is 1. The molecule has 1 unspecified atom stereocenters. The fourth-order valence-electron chi connectivity index (χ4n) is 3.62. The Hall–Kier alpha value is -0.890. The molecule has 2 aliphatic carbocycles. The lowest BCUT2D eigenvalue weighted by atomic mass is 9.70. The molecule has 17 heavy (non-hydrogen) atoms. The molecule has 92 valence electrons. The minimum atomic E-state index is 0.0200. The summed E-state index contributed by atoms with van der Waals surface area (Å²) < 4.78 is 0. The lowest BCUT2D eigenvalue weighted by Crippen LogP contribution is -2.48. The van der Waals surface area contributed by atoms with E-state index in [0.29, 0.717) is 5.92 Å². The molecule has 1 saturated carbocycles. The zero-order valence-electron chi connectivity index (χ0n) is 10.7. The number of nitrogens with zero attached hydrogens (tertiary/aromatic N) is 1. The molecule has 0 radical (unpaired) electrons. The van der Waals surface area contributed by atoms with Crippen LogP contribution in [0.1, 0.15) is 56.2 Å². The van der Waals surface area contributed by atoms with Crippen LogP contribution in [0.3, 0.4) is 0 Å². The van der Waals surface area contributed by atoms with Gasteiger partial charge in [-0.3, -0.25) is 4.98 Å². The molecule has 1 aromatic heterocycles. The first-order chi connectivity index (χ1) is 8.19. The summed E-state index contributed by atoms with van der Waals surface area (Å²) in [4.78, 5) is 4.60. The van der Waals surface area contributed by atoms with Crippen molar-refractivity contribution in [3.05, 3.63) is 29.6 Å². The lowest BCUT2D eigenvalue weighted by molar-refractivity contribution is 0.205. The number of hydrogen-bond acceptors (Lipinski definition) is 2. The lowest BCUT2D eigenvalue weighted by Gasteiger charge is -2.40. The van der Waals surface area contributed by atoms with Crippen LogP contribution in [0, 0.1) is 5.92 Å². The Morgan fingerprint density at radius 1 is 1.29 bits per heavy atom. The van der Waals surface area contributed by atoms with Crippen molar-refractivity contribution in [1.82, 2.24) is 4.98 Å². The van der Waals surface area contributed by atoms with E-state index in [1.807, 2.05) is 12.3 Å². The van der Waals surface area contributed by atoms with Crippen LogP contribution in [0.25, 0.3) is 0 Å². The third-order valence-electron chi connectivity index (χ3n) is 4.86. The minimum absolute atomic E-state index is 0.0200. The molecule has 1 heterocycles. The molecule has 0 spiro atoms. The summed E-state index contributed by atoms with van der Waals surface area (Å²) in [7, 11) is 0. The highest BCUT2D eigenvalue weighted by Gasteiger charge is 2.42. The van der Waals surface area contributed by atoms with Crippen LogP contribution < -0.4 is 5.73 Å². The molecule has 2 heteroatoms. The van der Waals surface area contributed by atoms with Crippen LogP contribution in [0.15, 0.2) is 18.3 Å². The van der Waals surface area contributed by atoms with Crippen molar-refractivity contribution in [2.45, 2.75) is 56.9 Å². The first-order valence-corrected chi connectivity index (χ1v) is 6.92. The van der Waals surface area contributed by atoms with Gasteiger partial charge in [-0.05, 0) is 56.1 Å². The van der Waals surface area contributed by atoms with Gasteiger partial charge in [-0.15, -0.1) is 0 Å². The summed E-state index contributed by atoms with van der Waals surface area (Å²) >= 11 is 0. The van der Waals surface area contributed by atoms with Crippen molar-refractivity contribution in [3.8, 4) is 0 Å². The van der Waals surface area contributed by atoms with Crippen LogP contribution in [0.2, 0.25) is 0 Å². The molecule has 0 aliphatic heterocycles. The molecule has 1 atom stereocenters.